The van der Waals surface area contributed by atoms with E-state index in [0.29, 0.717) is 6.07 Å². The number of aldehydes is 1. The molecule has 6 heteroatoms. The fraction of sp³-hybridized carbons (Fsp3) is 0.364. The third-order valence-corrected chi connectivity index (χ3v) is 1.93. The largest absolute Gasteiger partial charge is 0.488 e. The van der Waals surface area contributed by atoms with Crippen molar-refractivity contribution in [3.63, 3.8) is 0 Å². The van der Waals surface area contributed by atoms with Crippen molar-refractivity contribution in [1.82, 2.24) is 0 Å². The van der Waals surface area contributed by atoms with Gasteiger partial charge in [0.25, 0.3) is 0 Å². The molecule has 17 heavy (non-hydrogen) atoms. The summed E-state index contributed by atoms with van der Waals surface area (Å²) in [6, 6.07) is 1.50. The zero-order valence-electron chi connectivity index (χ0n) is 9.14. The van der Waals surface area contributed by atoms with Crippen LogP contribution in [0.4, 0.5) is 17.6 Å². The minimum absolute atomic E-state index is 0.161. The van der Waals surface area contributed by atoms with Crippen molar-refractivity contribution in [3.8, 4) is 5.75 Å². The monoisotopic (exact) mass is 250 g/mol. The van der Waals surface area contributed by atoms with Gasteiger partial charge in [-0.05, 0) is 26.0 Å². The van der Waals surface area contributed by atoms with Crippen LogP contribution in [0.15, 0.2) is 12.1 Å². The van der Waals surface area contributed by atoms with Gasteiger partial charge in [-0.25, -0.2) is 4.39 Å². The quantitative estimate of drug-likeness (QED) is 0.606. The summed E-state index contributed by atoms with van der Waals surface area (Å²) in [6.07, 6.45) is -5.33. The summed E-state index contributed by atoms with van der Waals surface area (Å²) in [4.78, 5) is 10.5. The first kappa shape index (κ1) is 13.5. The number of hydrogen-bond donors (Lipinski definition) is 0. The van der Waals surface area contributed by atoms with Crippen LogP contribution in [0.2, 0.25) is 0 Å². The molecule has 94 valence electrons. The van der Waals surface area contributed by atoms with Crippen molar-refractivity contribution < 1.29 is 27.1 Å². The Bertz CT molecular complexity index is 424. The summed E-state index contributed by atoms with van der Waals surface area (Å²) < 4.78 is 55.9. The molecule has 0 spiro atoms. The highest BCUT2D eigenvalue weighted by atomic mass is 19.4. The summed E-state index contributed by atoms with van der Waals surface area (Å²) in [5, 5.41) is 0. The van der Waals surface area contributed by atoms with Gasteiger partial charge in [0.1, 0.15) is 0 Å². The average Bonchev–Trinajstić information content (AvgIpc) is 2.18. The topological polar surface area (TPSA) is 26.3 Å². The highest BCUT2D eigenvalue weighted by molar-refractivity contribution is 5.79. The third kappa shape index (κ3) is 2.95. The average molecular weight is 250 g/mol. The first-order valence-electron chi connectivity index (χ1n) is 4.79. The van der Waals surface area contributed by atoms with Crippen LogP contribution in [-0.2, 0) is 6.18 Å². The normalized spacial score (nSPS) is 11.7. The van der Waals surface area contributed by atoms with E-state index in [1.165, 1.54) is 0 Å². The van der Waals surface area contributed by atoms with Crippen molar-refractivity contribution in [3.05, 3.63) is 29.1 Å². The summed E-state index contributed by atoms with van der Waals surface area (Å²) in [6.45, 7) is 3.19. The van der Waals surface area contributed by atoms with Crippen LogP contribution >= 0.6 is 0 Å². The van der Waals surface area contributed by atoms with Crippen LogP contribution in [0.25, 0.3) is 0 Å². The molecule has 0 bridgehead atoms. The lowest BCUT2D eigenvalue weighted by Crippen LogP contribution is -2.13. The predicted molar refractivity (Wildman–Crippen MR) is 52.6 cm³/mol. The Balaban J connectivity index is 3.32. The standard InChI is InChI=1S/C11H10F4O2/c1-6(2)17-9-4-3-8(11(13,14)15)7(5-16)10(9)12/h3-6H,1-2H3. The van der Waals surface area contributed by atoms with Gasteiger partial charge in [0.2, 0.25) is 0 Å². The number of ether oxygens (including phenoxy) is 1. The van der Waals surface area contributed by atoms with E-state index in [0.717, 1.165) is 6.07 Å². The van der Waals surface area contributed by atoms with Gasteiger partial charge >= 0.3 is 6.18 Å². The first-order valence-corrected chi connectivity index (χ1v) is 4.79. The van der Waals surface area contributed by atoms with E-state index in [9.17, 15) is 22.4 Å². The Labute approximate surface area is 95.2 Å². The Morgan fingerprint density at radius 3 is 2.29 bits per heavy atom. The molecule has 0 saturated heterocycles. The van der Waals surface area contributed by atoms with E-state index in [1.807, 2.05) is 0 Å². The SMILES string of the molecule is CC(C)Oc1ccc(C(F)(F)F)c(C=O)c1F. The number of carbonyl (C=O) groups is 1. The summed E-state index contributed by atoms with van der Waals surface area (Å²) in [5.41, 5.74) is -2.34. The van der Waals surface area contributed by atoms with Gasteiger partial charge in [-0.3, -0.25) is 4.79 Å². The molecule has 0 N–H and O–H groups in total. The van der Waals surface area contributed by atoms with Crippen LogP contribution in [0.5, 0.6) is 5.75 Å². The van der Waals surface area contributed by atoms with Gasteiger partial charge in [0.05, 0.1) is 17.2 Å². The number of benzene rings is 1. The molecule has 1 aromatic rings. The van der Waals surface area contributed by atoms with Crippen LogP contribution in [0, 0.1) is 5.82 Å². The fourth-order valence-corrected chi connectivity index (χ4v) is 1.28. The molecule has 0 fully saturated rings. The van der Waals surface area contributed by atoms with Crippen molar-refractivity contribution in [2.75, 3.05) is 0 Å². The molecule has 0 amide bonds. The predicted octanol–water partition coefficient (Wildman–Crippen LogP) is 3.44. The molecule has 0 aromatic heterocycles. The molecule has 1 rings (SSSR count). The minimum Gasteiger partial charge on any atom is -0.488 e. The molecule has 0 radical (unpaired) electrons. The van der Waals surface area contributed by atoms with E-state index < -0.39 is 29.2 Å². The van der Waals surface area contributed by atoms with Crippen LogP contribution in [-0.4, -0.2) is 12.4 Å². The second-order valence-corrected chi connectivity index (χ2v) is 3.62. The lowest BCUT2D eigenvalue weighted by Gasteiger charge is -2.15. The van der Waals surface area contributed by atoms with Gasteiger partial charge in [-0.2, -0.15) is 13.2 Å². The molecule has 0 unspecified atom stereocenters. The van der Waals surface area contributed by atoms with Gasteiger partial charge in [-0.15, -0.1) is 0 Å². The number of alkyl halides is 3. The van der Waals surface area contributed by atoms with E-state index in [1.54, 1.807) is 13.8 Å². The smallest absolute Gasteiger partial charge is 0.417 e. The molecular formula is C11H10F4O2. The fourth-order valence-electron chi connectivity index (χ4n) is 1.28. The Morgan fingerprint density at radius 1 is 1.29 bits per heavy atom. The van der Waals surface area contributed by atoms with Crippen LogP contribution in [0.1, 0.15) is 29.8 Å². The van der Waals surface area contributed by atoms with Gasteiger partial charge < -0.3 is 4.74 Å². The molecule has 2 nitrogen and oxygen atoms in total. The Hall–Kier alpha value is -1.59. The van der Waals surface area contributed by atoms with E-state index in [2.05, 4.69) is 0 Å². The molecule has 0 aliphatic carbocycles. The zero-order valence-corrected chi connectivity index (χ0v) is 9.14. The maximum atomic E-state index is 13.6. The minimum atomic E-state index is -4.77. The number of hydrogen-bond acceptors (Lipinski definition) is 2. The van der Waals surface area contributed by atoms with Crippen molar-refractivity contribution in [2.24, 2.45) is 0 Å². The molecule has 0 saturated carbocycles. The van der Waals surface area contributed by atoms with Crippen LogP contribution < -0.4 is 4.74 Å². The highest BCUT2D eigenvalue weighted by Gasteiger charge is 2.35. The van der Waals surface area contributed by atoms with Crippen molar-refractivity contribution in [2.45, 2.75) is 26.1 Å². The van der Waals surface area contributed by atoms with Gasteiger partial charge in [-0.1, -0.05) is 0 Å². The number of halogens is 4. The van der Waals surface area contributed by atoms with Crippen LogP contribution in [0.3, 0.4) is 0 Å². The summed E-state index contributed by atoms with van der Waals surface area (Å²) in [7, 11) is 0. The maximum Gasteiger partial charge on any atom is 0.417 e. The molecule has 0 aliphatic rings. The van der Waals surface area contributed by atoms with E-state index >= 15 is 0 Å². The highest BCUT2D eigenvalue weighted by Crippen LogP contribution is 2.35. The van der Waals surface area contributed by atoms with Gasteiger partial charge in [0.15, 0.2) is 17.9 Å². The molecule has 1 aromatic carbocycles. The molecule has 0 heterocycles. The lowest BCUT2D eigenvalue weighted by atomic mass is 10.1. The molecular weight excluding hydrogens is 240 g/mol. The Kier molecular flexibility index (Phi) is 3.75. The third-order valence-electron chi connectivity index (χ3n) is 1.93. The maximum absolute atomic E-state index is 13.6. The summed E-state index contributed by atoms with van der Waals surface area (Å²) >= 11 is 0. The first-order chi connectivity index (χ1) is 7.77. The second kappa shape index (κ2) is 4.73. The number of carbonyl (C=O) groups excluding carboxylic acids is 1. The van der Waals surface area contributed by atoms with Crippen molar-refractivity contribution in [1.29, 1.82) is 0 Å². The Morgan fingerprint density at radius 2 is 1.88 bits per heavy atom. The second-order valence-electron chi connectivity index (χ2n) is 3.62. The lowest BCUT2D eigenvalue weighted by molar-refractivity contribution is -0.138. The van der Waals surface area contributed by atoms with Crippen molar-refractivity contribution >= 4 is 6.29 Å². The number of rotatable bonds is 3. The molecule has 0 aliphatic heterocycles. The molecule has 0 atom stereocenters. The van der Waals surface area contributed by atoms with E-state index in [-0.39, 0.29) is 12.0 Å². The van der Waals surface area contributed by atoms with E-state index in [4.69, 9.17) is 4.74 Å². The van der Waals surface area contributed by atoms with Gasteiger partial charge in [0, 0.05) is 0 Å². The summed E-state index contributed by atoms with van der Waals surface area (Å²) in [5.74, 6) is -1.65. The zero-order chi connectivity index (χ0) is 13.2.